The second-order valence-corrected chi connectivity index (χ2v) is 4.47. The summed E-state index contributed by atoms with van der Waals surface area (Å²) in [5.41, 5.74) is 7.46. The maximum Gasteiger partial charge on any atom is 0.305 e. The number of methoxy groups -OCH3 is 1. The molecule has 4 nitrogen and oxygen atoms in total. The molecule has 0 spiro atoms. The third-order valence-corrected chi connectivity index (χ3v) is 2.72. The van der Waals surface area contributed by atoms with Crippen molar-refractivity contribution in [1.29, 1.82) is 0 Å². The third kappa shape index (κ3) is 2.96. The monoisotopic (exact) mass is 287 g/mol. The molecular formula is C11H14BrNO3. The van der Waals surface area contributed by atoms with Gasteiger partial charge in [0, 0.05) is 16.1 Å². The molecule has 0 aliphatic carbocycles. The van der Waals surface area contributed by atoms with Crippen LogP contribution in [0.3, 0.4) is 0 Å². The van der Waals surface area contributed by atoms with E-state index in [2.05, 4.69) is 15.9 Å². The predicted molar refractivity (Wildman–Crippen MR) is 64.6 cm³/mol. The van der Waals surface area contributed by atoms with Gasteiger partial charge in [-0.25, -0.2) is 0 Å². The van der Waals surface area contributed by atoms with E-state index in [0.29, 0.717) is 11.3 Å². The zero-order valence-electron chi connectivity index (χ0n) is 9.16. The molecule has 1 rings (SSSR count). The number of nitrogens with two attached hydrogens (primary N) is 1. The fourth-order valence-electron chi connectivity index (χ4n) is 1.61. The van der Waals surface area contributed by atoms with Crippen LogP contribution in [0.5, 0.6) is 5.75 Å². The van der Waals surface area contributed by atoms with Gasteiger partial charge in [-0.3, -0.25) is 4.79 Å². The van der Waals surface area contributed by atoms with Crippen LogP contribution in [-0.2, 0) is 4.79 Å². The highest BCUT2D eigenvalue weighted by atomic mass is 79.9. The van der Waals surface area contributed by atoms with E-state index < -0.39 is 12.0 Å². The number of hydrogen-bond acceptors (Lipinski definition) is 3. The molecule has 1 aromatic rings. The molecule has 0 radical (unpaired) electrons. The number of halogens is 1. The lowest BCUT2D eigenvalue weighted by molar-refractivity contribution is -0.137. The number of carbonyl (C=O) groups is 1. The van der Waals surface area contributed by atoms with Crippen LogP contribution in [0.2, 0.25) is 0 Å². The number of aryl methyl sites for hydroxylation is 1. The van der Waals surface area contributed by atoms with Crippen LogP contribution < -0.4 is 10.5 Å². The van der Waals surface area contributed by atoms with Crippen molar-refractivity contribution in [2.75, 3.05) is 7.11 Å². The lowest BCUT2D eigenvalue weighted by Gasteiger charge is -2.16. The zero-order valence-corrected chi connectivity index (χ0v) is 10.7. The van der Waals surface area contributed by atoms with Gasteiger partial charge in [-0.05, 0) is 24.6 Å². The summed E-state index contributed by atoms with van der Waals surface area (Å²) in [6.07, 6.45) is -0.119. The Morgan fingerprint density at radius 2 is 2.25 bits per heavy atom. The molecule has 0 aromatic heterocycles. The highest BCUT2D eigenvalue weighted by Crippen LogP contribution is 2.32. The van der Waals surface area contributed by atoms with Crippen molar-refractivity contribution < 1.29 is 14.6 Å². The van der Waals surface area contributed by atoms with Crippen molar-refractivity contribution in [2.24, 2.45) is 5.73 Å². The normalized spacial score (nSPS) is 12.2. The van der Waals surface area contributed by atoms with Gasteiger partial charge in [0.2, 0.25) is 0 Å². The van der Waals surface area contributed by atoms with Crippen LogP contribution in [-0.4, -0.2) is 18.2 Å². The molecule has 1 unspecified atom stereocenters. The summed E-state index contributed by atoms with van der Waals surface area (Å²) in [7, 11) is 1.55. The van der Waals surface area contributed by atoms with Crippen molar-refractivity contribution in [1.82, 2.24) is 0 Å². The minimum atomic E-state index is -0.924. The average molecular weight is 288 g/mol. The summed E-state index contributed by atoms with van der Waals surface area (Å²) in [5.74, 6) is -0.274. The summed E-state index contributed by atoms with van der Waals surface area (Å²) < 4.78 is 6.10. The Kier molecular flexibility index (Phi) is 4.32. The number of aliphatic carboxylic acids is 1. The molecule has 0 heterocycles. The van der Waals surface area contributed by atoms with E-state index in [0.717, 1.165) is 10.0 Å². The second-order valence-electron chi connectivity index (χ2n) is 3.55. The molecule has 0 saturated carbocycles. The first kappa shape index (κ1) is 13.0. The molecule has 0 fully saturated rings. The molecule has 5 heteroatoms. The van der Waals surface area contributed by atoms with E-state index >= 15 is 0 Å². The van der Waals surface area contributed by atoms with Gasteiger partial charge in [-0.15, -0.1) is 0 Å². The molecule has 3 N–H and O–H groups in total. The van der Waals surface area contributed by atoms with Gasteiger partial charge in [-0.2, -0.15) is 0 Å². The Hall–Kier alpha value is -1.07. The van der Waals surface area contributed by atoms with Crippen molar-refractivity contribution in [3.05, 3.63) is 27.7 Å². The van der Waals surface area contributed by atoms with Crippen LogP contribution in [0, 0.1) is 6.92 Å². The molecule has 0 aliphatic rings. The topological polar surface area (TPSA) is 72.5 Å². The lowest BCUT2D eigenvalue weighted by Crippen LogP contribution is -2.16. The van der Waals surface area contributed by atoms with Gasteiger partial charge in [0.25, 0.3) is 0 Å². The summed E-state index contributed by atoms with van der Waals surface area (Å²) in [4.78, 5) is 10.6. The summed E-state index contributed by atoms with van der Waals surface area (Å²) >= 11 is 3.35. The van der Waals surface area contributed by atoms with Crippen LogP contribution in [0.25, 0.3) is 0 Å². The van der Waals surface area contributed by atoms with Gasteiger partial charge < -0.3 is 15.6 Å². The highest BCUT2D eigenvalue weighted by molar-refractivity contribution is 9.10. The van der Waals surface area contributed by atoms with E-state index in [1.807, 2.05) is 13.0 Å². The van der Waals surface area contributed by atoms with Gasteiger partial charge in [-0.1, -0.05) is 15.9 Å². The van der Waals surface area contributed by atoms with Gasteiger partial charge >= 0.3 is 5.97 Å². The molecule has 0 bridgehead atoms. The predicted octanol–water partition coefficient (Wildman–Crippen LogP) is 2.24. The number of hydrogen-bond donors (Lipinski definition) is 2. The number of benzene rings is 1. The van der Waals surface area contributed by atoms with Crippen LogP contribution in [0.4, 0.5) is 0 Å². The Balaban J connectivity index is 3.15. The molecule has 1 aromatic carbocycles. The highest BCUT2D eigenvalue weighted by Gasteiger charge is 2.17. The Labute approximate surface area is 103 Å². The standard InChI is InChI=1S/C11H14BrNO3/c1-6-3-7(12)4-8(11(6)16-2)9(13)5-10(14)15/h3-4,9H,5,13H2,1-2H3,(H,14,15). The quantitative estimate of drug-likeness (QED) is 0.891. The zero-order chi connectivity index (χ0) is 12.3. The second kappa shape index (κ2) is 5.32. The largest absolute Gasteiger partial charge is 0.496 e. The first-order valence-corrected chi connectivity index (χ1v) is 5.56. The van der Waals surface area contributed by atoms with Crippen LogP contribution in [0.15, 0.2) is 16.6 Å². The van der Waals surface area contributed by atoms with Gasteiger partial charge in [0.05, 0.1) is 13.5 Å². The Morgan fingerprint density at radius 1 is 1.62 bits per heavy atom. The van der Waals surface area contributed by atoms with Crippen molar-refractivity contribution in [3.8, 4) is 5.75 Å². The SMILES string of the molecule is COc1c(C)cc(Br)cc1C(N)CC(=O)O. The van der Waals surface area contributed by atoms with E-state index in [-0.39, 0.29) is 6.42 Å². The maximum absolute atomic E-state index is 10.6. The summed E-state index contributed by atoms with van der Waals surface area (Å²) in [6.45, 7) is 1.89. The maximum atomic E-state index is 10.6. The average Bonchev–Trinajstić information content (AvgIpc) is 2.15. The number of rotatable bonds is 4. The fraction of sp³-hybridized carbons (Fsp3) is 0.364. The number of ether oxygens (including phenoxy) is 1. The first-order valence-electron chi connectivity index (χ1n) is 4.77. The molecule has 0 saturated heterocycles. The Bertz CT molecular complexity index is 406. The molecular weight excluding hydrogens is 274 g/mol. The van der Waals surface area contributed by atoms with Gasteiger partial charge in [0.1, 0.15) is 5.75 Å². The molecule has 88 valence electrons. The molecule has 1 atom stereocenters. The number of carboxylic acids is 1. The van der Waals surface area contributed by atoms with Crippen molar-refractivity contribution >= 4 is 21.9 Å². The smallest absolute Gasteiger partial charge is 0.305 e. The van der Waals surface area contributed by atoms with E-state index in [9.17, 15) is 4.79 Å². The van der Waals surface area contributed by atoms with E-state index in [1.165, 1.54) is 0 Å². The van der Waals surface area contributed by atoms with Crippen LogP contribution >= 0.6 is 15.9 Å². The van der Waals surface area contributed by atoms with Crippen molar-refractivity contribution in [3.63, 3.8) is 0 Å². The third-order valence-electron chi connectivity index (χ3n) is 2.27. The van der Waals surface area contributed by atoms with Crippen molar-refractivity contribution in [2.45, 2.75) is 19.4 Å². The van der Waals surface area contributed by atoms with Crippen LogP contribution in [0.1, 0.15) is 23.6 Å². The number of carboxylic acid groups (broad SMARTS) is 1. The molecule has 16 heavy (non-hydrogen) atoms. The van der Waals surface area contributed by atoms with E-state index in [4.69, 9.17) is 15.6 Å². The summed E-state index contributed by atoms with van der Waals surface area (Å²) in [5, 5.41) is 8.71. The first-order chi connectivity index (χ1) is 7.45. The van der Waals surface area contributed by atoms with Gasteiger partial charge in [0.15, 0.2) is 0 Å². The van der Waals surface area contributed by atoms with E-state index in [1.54, 1.807) is 13.2 Å². The fourth-order valence-corrected chi connectivity index (χ4v) is 2.20. The summed E-state index contributed by atoms with van der Waals surface area (Å²) in [6, 6.07) is 3.12. The lowest BCUT2D eigenvalue weighted by atomic mass is 10.0. The minimum Gasteiger partial charge on any atom is -0.496 e. The minimum absolute atomic E-state index is 0.119. The molecule has 0 aliphatic heterocycles. The Morgan fingerprint density at radius 3 is 2.75 bits per heavy atom. The molecule has 0 amide bonds.